The molecule has 0 spiro atoms. The van der Waals surface area contributed by atoms with Gasteiger partial charge in [-0.1, -0.05) is 6.07 Å². The first kappa shape index (κ1) is 14.6. The quantitative estimate of drug-likeness (QED) is 0.757. The highest BCUT2D eigenvalue weighted by Crippen LogP contribution is 2.32. The predicted octanol–water partition coefficient (Wildman–Crippen LogP) is 2.79. The van der Waals surface area contributed by atoms with Crippen LogP contribution in [0.3, 0.4) is 0 Å². The number of nitrogens with zero attached hydrogens (tertiary/aromatic N) is 3. The van der Waals surface area contributed by atoms with Gasteiger partial charge in [-0.2, -0.15) is 0 Å². The van der Waals surface area contributed by atoms with Crippen molar-refractivity contribution < 1.29 is 0 Å². The van der Waals surface area contributed by atoms with Crippen molar-refractivity contribution in [2.24, 2.45) is 0 Å². The number of rotatable bonds is 5. The van der Waals surface area contributed by atoms with Crippen LogP contribution in [0.25, 0.3) is 10.7 Å². The van der Waals surface area contributed by atoms with Gasteiger partial charge < -0.3 is 4.57 Å². The molecule has 3 aromatic rings. The molecule has 1 unspecified atom stereocenters. The molecule has 0 amide bonds. The Morgan fingerprint density at radius 2 is 2.17 bits per heavy atom. The number of thiophene rings is 1. The highest BCUT2D eigenvalue weighted by molar-refractivity contribution is 7.15. The molecule has 0 aromatic carbocycles. The number of aryl methyl sites for hydroxylation is 2. The summed E-state index contributed by atoms with van der Waals surface area (Å²) in [4.78, 5) is 11.5. The van der Waals surface area contributed by atoms with E-state index in [4.69, 9.17) is 0 Å². The number of imidazole rings is 1. The average Bonchev–Trinajstić information content (AvgIpc) is 3.32. The molecule has 1 aliphatic heterocycles. The van der Waals surface area contributed by atoms with E-state index < -0.39 is 0 Å². The van der Waals surface area contributed by atoms with Crippen LogP contribution in [0.2, 0.25) is 0 Å². The number of aromatic nitrogens is 3. The molecule has 2 N–H and O–H groups in total. The number of hydrogen-bond acceptors (Lipinski definition) is 5. The van der Waals surface area contributed by atoms with Gasteiger partial charge in [0.25, 0.3) is 0 Å². The van der Waals surface area contributed by atoms with Crippen molar-refractivity contribution in [2.75, 3.05) is 6.54 Å². The van der Waals surface area contributed by atoms with Gasteiger partial charge in [0.15, 0.2) is 0 Å². The minimum Gasteiger partial charge on any atom is -0.330 e. The fraction of sp³-hybridized carbons (Fsp3) is 0.294. The van der Waals surface area contributed by atoms with Crippen LogP contribution in [0.15, 0.2) is 48.9 Å². The van der Waals surface area contributed by atoms with Crippen molar-refractivity contribution in [3.8, 4) is 10.7 Å². The fourth-order valence-corrected chi connectivity index (χ4v) is 3.96. The van der Waals surface area contributed by atoms with E-state index in [1.165, 1.54) is 9.75 Å². The molecule has 1 aliphatic rings. The second kappa shape index (κ2) is 6.62. The molecule has 5 nitrogen and oxygen atoms in total. The molecule has 0 aliphatic carbocycles. The summed E-state index contributed by atoms with van der Waals surface area (Å²) < 4.78 is 2.21. The van der Waals surface area contributed by atoms with Crippen LogP contribution in [-0.4, -0.2) is 21.1 Å². The van der Waals surface area contributed by atoms with E-state index in [1.807, 2.05) is 42.1 Å². The maximum absolute atomic E-state index is 4.56. The zero-order valence-corrected chi connectivity index (χ0v) is 13.6. The first-order chi connectivity index (χ1) is 11.4. The van der Waals surface area contributed by atoms with E-state index in [9.17, 15) is 0 Å². The second-order valence-corrected chi connectivity index (χ2v) is 6.75. The van der Waals surface area contributed by atoms with Gasteiger partial charge in [-0.3, -0.25) is 10.4 Å². The number of nitrogens with one attached hydrogen (secondary N) is 2. The monoisotopic (exact) mass is 325 g/mol. The Hall–Kier alpha value is -2.02. The lowest BCUT2D eigenvalue weighted by atomic mass is 10.2. The lowest BCUT2D eigenvalue weighted by Gasteiger charge is -2.07. The molecular formula is C17H19N5S. The van der Waals surface area contributed by atoms with Gasteiger partial charge in [0.05, 0.1) is 10.9 Å². The Balaban J connectivity index is 1.50. The second-order valence-electron chi connectivity index (χ2n) is 5.63. The molecule has 6 heteroatoms. The smallest absolute Gasteiger partial charge is 0.150 e. The minimum absolute atomic E-state index is 0.422. The highest BCUT2D eigenvalue weighted by atomic mass is 32.1. The maximum atomic E-state index is 4.56. The summed E-state index contributed by atoms with van der Waals surface area (Å²) in [5, 5.41) is 0. The van der Waals surface area contributed by atoms with E-state index in [0.29, 0.717) is 6.04 Å². The topological polar surface area (TPSA) is 54.8 Å². The van der Waals surface area contributed by atoms with E-state index in [2.05, 4.69) is 43.6 Å². The first-order valence-corrected chi connectivity index (χ1v) is 8.71. The molecule has 4 heterocycles. The van der Waals surface area contributed by atoms with Crippen molar-refractivity contribution in [2.45, 2.75) is 25.4 Å². The summed E-state index contributed by atoms with van der Waals surface area (Å²) in [6.07, 6.45) is 7.82. The van der Waals surface area contributed by atoms with Crippen LogP contribution in [0, 0.1) is 0 Å². The van der Waals surface area contributed by atoms with Gasteiger partial charge in [0.2, 0.25) is 0 Å². The maximum Gasteiger partial charge on any atom is 0.150 e. The Labute approximate surface area is 139 Å². The SMILES string of the molecule is c1ccc(CCn2ccnc2-c2ccc(C3CCNN3)s2)nc1. The zero-order chi connectivity index (χ0) is 15.5. The van der Waals surface area contributed by atoms with Crippen molar-refractivity contribution in [3.63, 3.8) is 0 Å². The normalized spacial score (nSPS) is 17.7. The van der Waals surface area contributed by atoms with Crippen LogP contribution >= 0.6 is 11.3 Å². The lowest BCUT2D eigenvalue weighted by Crippen LogP contribution is -2.24. The van der Waals surface area contributed by atoms with Crippen LogP contribution in [-0.2, 0) is 13.0 Å². The Bertz CT molecular complexity index is 758. The lowest BCUT2D eigenvalue weighted by molar-refractivity contribution is 0.588. The van der Waals surface area contributed by atoms with Crippen LogP contribution < -0.4 is 10.9 Å². The molecule has 23 heavy (non-hydrogen) atoms. The molecule has 118 valence electrons. The van der Waals surface area contributed by atoms with E-state index in [0.717, 1.165) is 37.4 Å². The standard InChI is InChI=1S/C17H19N5S/c1-2-8-18-13(3-1)7-11-22-12-10-19-17(22)16-5-4-15(23-16)14-6-9-20-21-14/h1-5,8,10,12,14,20-21H,6-7,9,11H2. The zero-order valence-electron chi connectivity index (χ0n) is 12.8. The van der Waals surface area contributed by atoms with Gasteiger partial charge >= 0.3 is 0 Å². The molecule has 0 radical (unpaired) electrons. The Morgan fingerprint density at radius 1 is 1.17 bits per heavy atom. The summed E-state index contributed by atoms with van der Waals surface area (Å²) in [6, 6.07) is 10.9. The molecule has 1 saturated heterocycles. The summed E-state index contributed by atoms with van der Waals surface area (Å²) in [7, 11) is 0. The molecular weight excluding hydrogens is 306 g/mol. The largest absolute Gasteiger partial charge is 0.330 e. The molecule has 0 saturated carbocycles. The summed E-state index contributed by atoms with van der Waals surface area (Å²) in [5.41, 5.74) is 7.62. The number of pyridine rings is 1. The Morgan fingerprint density at radius 3 is 3.00 bits per heavy atom. The fourth-order valence-electron chi connectivity index (χ4n) is 2.85. The molecule has 0 bridgehead atoms. The van der Waals surface area contributed by atoms with Gasteiger partial charge in [-0.05, 0) is 30.7 Å². The van der Waals surface area contributed by atoms with E-state index in [-0.39, 0.29) is 0 Å². The molecule has 4 rings (SSSR count). The van der Waals surface area contributed by atoms with Crippen molar-refractivity contribution in [1.29, 1.82) is 0 Å². The third-order valence-corrected chi connectivity index (χ3v) is 5.27. The van der Waals surface area contributed by atoms with Crippen molar-refractivity contribution >= 4 is 11.3 Å². The van der Waals surface area contributed by atoms with Crippen LogP contribution in [0.1, 0.15) is 23.0 Å². The van der Waals surface area contributed by atoms with E-state index >= 15 is 0 Å². The summed E-state index contributed by atoms with van der Waals surface area (Å²) >= 11 is 1.82. The van der Waals surface area contributed by atoms with Gasteiger partial charge in [0, 0.05) is 48.7 Å². The van der Waals surface area contributed by atoms with Crippen LogP contribution in [0.4, 0.5) is 0 Å². The van der Waals surface area contributed by atoms with Gasteiger partial charge in [-0.25, -0.2) is 10.4 Å². The summed E-state index contributed by atoms with van der Waals surface area (Å²) in [5.74, 6) is 1.04. The van der Waals surface area contributed by atoms with Gasteiger partial charge in [-0.15, -0.1) is 11.3 Å². The first-order valence-electron chi connectivity index (χ1n) is 7.90. The molecule has 3 aromatic heterocycles. The third kappa shape index (κ3) is 3.19. The highest BCUT2D eigenvalue weighted by Gasteiger charge is 2.19. The van der Waals surface area contributed by atoms with Crippen LogP contribution in [0.5, 0.6) is 0 Å². The van der Waals surface area contributed by atoms with Crippen molar-refractivity contribution in [3.05, 3.63) is 59.5 Å². The molecule has 1 fully saturated rings. The Kier molecular flexibility index (Phi) is 4.19. The number of hydrazine groups is 1. The molecule has 1 atom stereocenters. The van der Waals surface area contributed by atoms with E-state index in [1.54, 1.807) is 0 Å². The predicted molar refractivity (Wildman–Crippen MR) is 92.0 cm³/mol. The summed E-state index contributed by atoms with van der Waals surface area (Å²) in [6.45, 7) is 1.92. The van der Waals surface area contributed by atoms with Gasteiger partial charge in [0.1, 0.15) is 5.82 Å². The third-order valence-electron chi connectivity index (χ3n) is 4.08. The van der Waals surface area contributed by atoms with Crippen molar-refractivity contribution in [1.82, 2.24) is 25.4 Å². The minimum atomic E-state index is 0.422. The average molecular weight is 325 g/mol. The number of hydrogen-bond donors (Lipinski definition) is 2.